The molecule has 0 fully saturated rings. The standard InChI is InChI=1S/2C18H10F3.C2H6Si.2ClH.Zr/c2*19-18(20,21)16-11-15-8-4-7-14(17(15)12-16)10-9-13-5-2-1-3-6-13;1-3-2;;;/h2*1-8,11-12H;1-2H3;2*1H;/q2*-1;;;;+4/p-2. The summed E-state index contributed by atoms with van der Waals surface area (Å²) in [7, 11) is 11.0. The number of alkyl halides is 6. The Bertz CT molecular complexity index is 1860. The molecule has 0 aliphatic rings. The first-order valence-corrected chi connectivity index (χ1v) is 22.5. The summed E-state index contributed by atoms with van der Waals surface area (Å²) in [6, 6.07) is 33.6. The summed E-state index contributed by atoms with van der Waals surface area (Å²) < 4.78 is 76.6. The molecule has 0 aliphatic heterocycles. The van der Waals surface area contributed by atoms with Gasteiger partial charge < -0.3 is 0 Å². The van der Waals surface area contributed by atoms with E-state index in [4.69, 9.17) is 17.0 Å². The van der Waals surface area contributed by atoms with Gasteiger partial charge in [0, 0.05) is 20.6 Å². The van der Waals surface area contributed by atoms with Crippen LogP contribution >= 0.6 is 17.0 Å². The minimum atomic E-state index is -4.33. The second-order valence-corrected chi connectivity index (χ2v) is 14.6. The van der Waals surface area contributed by atoms with Crippen LogP contribution in [0.5, 0.6) is 0 Å². The van der Waals surface area contributed by atoms with Gasteiger partial charge in [0.1, 0.15) is 0 Å². The molecule has 0 saturated heterocycles. The van der Waals surface area contributed by atoms with Crippen molar-refractivity contribution in [3.8, 4) is 23.7 Å². The van der Waals surface area contributed by atoms with Crippen molar-refractivity contribution < 1.29 is 47.2 Å². The summed E-state index contributed by atoms with van der Waals surface area (Å²) in [6.07, 6.45) is -8.66. The molecule has 0 aromatic heterocycles. The molecule has 0 nitrogen and oxygen atoms in total. The Hall–Kier alpha value is -3.52. The van der Waals surface area contributed by atoms with Crippen LogP contribution in [0.1, 0.15) is 33.4 Å². The van der Waals surface area contributed by atoms with Crippen molar-refractivity contribution in [2.75, 3.05) is 0 Å². The number of rotatable bonds is 0. The molecule has 0 amide bonds. The third kappa shape index (κ3) is 11.9. The van der Waals surface area contributed by atoms with E-state index in [0.29, 0.717) is 32.7 Å². The van der Waals surface area contributed by atoms with Gasteiger partial charge >= 0.3 is 50.2 Å². The zero-order chi connectivity index (χ0) is 35.2. The second-order valence-electron chi connectivity index (χ2n) is 9.90. The molecular formula is C38H26Cl2F6SiZr. The Balaban J connectivity index is 0.000000224. The van der Waals surface area contributed by atoms with Gasteiger partial charge in [-0.25, -0.2) is 0 Å². The molecule has 0 bridgehead atoms. The van der Waals surface area contributed by atoms with Crippen LogP contribution in [0.3, 0.4) is 0 Å². The predicted molar refractivity (Wildman–Crippen MR) is 183 cm³/mol. The van der Waals surface area contributed by atoms with Gasteiger partial charge in [-0.1, -0.05) is 85.3 Å². The summed E-state index contributed by atoms with van der Waals surface area (Å²) in [5.74, 6) is 11.8. The number of hydrogen-bond donors (Lipinski definition) is 0. The molecule has 0 N–H and O–H groups in total. The van der Waals surface area contributed by atoms with Crippen LogP contribution in [0.2, 0.25) is 13.1 Å². The van der Waals surface area contributed by atoms with Crippen LogP contribution in [0.15, 0.2) is 121 Å². The third-order valence-corrected chi connectivity index (χ3v) is 6.39. The van der Waals surface area contributed by atoms with Crippen LogP contribution in [0.4, 0.5) is 26.3 Å². The number of hydrogen-bond acceptors (Lipinski definition) is 0. The van der Waals surface area contributed by atoms with E-state index in [1.165, 1.54) is 0 Å². The number of benzene rings is 4. The molecule has 6 aromatic carbocycles. The SMILES string of the molecule is C[Si]C.FC(F)(F)c1cc2c(C#Cc3ccccc3)cccc2[cH-]1.FC(F)(F)c1cc2c(C#Cc3ccccc3)cccc2[cH-]1.[Cl][Zr+2][Cl]. The van der Waals surface area contributed by atoms with Gasteiger partial charge in [0.15, 0.2) is 0 Å². The topological polar surface area (TPSA) is 0 Å². The molecule has 6 aromatic rings. The maximum atomic E-state index is 12.8. The van der Waals surface area contributed by atoms with Crippen molar-refractivity contribution >= 4 is 48.1 Å². The number of fused-ring (bicyclic) bond motifs is 2. The normalized spacial score (nSPS) is 10.4. The minimum absolute atomic E-state index is 0.535. The van der Waals surface area contributed by atoms with E-state index >= 15 is 0 Å². The molecule has 0 atom stereocenters. The van der Waals surface area contributed by atoms with Crippen molar-refractivity contribution in [2.24, 2.45) is 0 Å². The van der Waals surface area contributed by atoms with E-state index < -0.39 is 44.3 Å². The second kappa shape index (κ2) is 18.9. The molecule has 6 rings (SSSR count). The summed E-state index contributed by atoms with van der Waals surface area (Å²) in [5, 5.41) is 2.19. The fourth-order valence-electron chi connectivity index (χ4n) is 4.34. The third-order valence-electron chi connectivity index (χ3n) is 6.39. The monoisotopic (exact) mass is 784 g/mol. The van der Waals surface area contributed by atoms with E-state index in [2.05, 4.69) is 36.8 Å². The first-order valence-electron chi connectivity index (χ1n) is 14.1. The molecule has 10 heteroatoms. The van der Waals surface area contributed by atoms with Crippen molar-refractivity contribution in [2.45, 2.75) is 25.4 Å². The van der Waals surface area contributed by atoms with Crippen molar-refractivity contribution in [1.82, 2.24) is 0 Å². The van der Waals surface area contributed by atoms with E-state index in [1.807, 2.05) is 60.7 Å². The van der Waals surface area contributed by atoms with Crippen LogP contribution in [0, 0.1) is 23.7 Å². The number of halogens is 8. The Kier molecular flexibility index (Phi) is 15.3. The molecule has 2 radical (unpaired) electrons. The Labute approximate surface area is 297 Å². The Morgan fingerprint density at radius 2 is 0.875 bits per heavy atom. The van der Waals surface area contributed by atoms with E-state index in [1.54, 1.807) is 36.4 Å². The first-order chi connectivity index (χ1) is 22.9. The Morgan fingerprint density at radius 1 is 0.542 bits per heavy atom. The van der Waals surface area contributed by atoms with Gasteiger partial charge in [-0.05, 0) is 46.5 Å². The molecule has 48 heavy (non-hydrogen) atoms. The average molecular weight is 787 g/mol. The summed E-state index contributed by atoms with van der Waals surface area (Å²) >= 11 is -0.826. The molecule has 0 saturated carbocycles. The fourth-order valence-corrected chi connectivity index (χ4v) is 4.34. The van der Waals surface area contributed by atoms with Gasteiger partial charge in [0.05, 0.1) is 0 Å². The quantitative estimate of drug-likeness (QED) is 0.0623. The van der Waals surface area contributed by atoms with Crippen molar-refractivity contribution in [1.29, 1.82) is 0 Å². The Morgan fingerprint density at radius 3 is 1.19 bits per heavy atom. The molecule has 0 aliphatic carbocycles. The van der Waals surface area contributed by atoms with Crippen LogP contribution < -0.4 is 0 Å². The van der Waals surface area contributed by atoms with Gasteiger partial charge in [-0.3, -0.25) is 0 Å². The first kappa shape index (κ1) is 38.9. The fraction of sp³-hybridized carbons (Fsp3) is 0.105. The molecular weight excluding hydrogens is 761 g/mol. The zero-order valence-corrected chi connectivity index (χ0v) is 30.5. The van der Waals surface area contributed by atoms with E-state index in [-0.39, 0.29) is 0 Å². The molecule has 0 unspecified atom stereocenters. The van der Waals surface area contributed by atoms with Gasteiger partial charge in [0.2, 0.25) is 0 Å². The predicted octanol–water partition coefficient (Wildman–Crippen LogP) is 12.1. The van der Waals surface area contributed by atoms with Gasteiger partial charge in [-0.2, -0.15) is 38.5 Å². The van der Waals surface area contributed by atoms with Gasteiger partial charge in [0.25, 0.3) is 0 Å². The molecule has 0 spiro atoms. The zero-order valence-electron chi connectivity index (χ0n) is 25.6. The van der Waals surface area contributed by atoms with E-state index in [9.17, 15) is 26.3 Å². The molecule has 242 valence electrons. The summed E-state index contributed by atoms with van der Waals surface area (Å²) in [4.78, 5) is 0. The van der Waals surface area contributed by atoms with Crippen LogP contribution in [-0.2, 0) is 33.2 Å². The average Bonchev–Trinajstić information content (AvgIpc) is 3.71. The van der Waals surface area contributed by atoms with Crippen molar-refractivity contribution in [3.63, 3.8) is 0 Å². The van der Waals surface area contributed by atoms with Crippen LogP contribution in [0.25, 0.3) is 21.5 Å². The van der Waals surface area contributed by atoms with E-state index in [0.717, 1.165) is 44.9 Å². The van der Waals surface area contributed by atoms with Crippen molar-refractivity contribution in [3.05, 3.63) is 155 Å². The molecule has 0 heterocycles. The summed E-state index contributed by atoms with van der Waals surface area (Å²) in [6.45, 7) is 4.31. The van der Waals surface area contributed by atoms with Crippen LogP contribution in [-0.4, -0.2) is 9.52 Å². The summed E-state index contributed by atoms with van der Waals surface area (Å²) in [5.41, 5.74) is 1.60. The maximum absolute atomic E-state index is 12.8. The van der Waals surface area contributed by atoms with Gasteiger partial charge in [-0.15, -0.1) is 57.9 Å².